The van der Waals surface area contributed by atoms with E-state index < -0.39 is 0 Å². The van der Waals surface area contributed by atoms with Crippen molar-refractivity contribution >= 4 is 57.0 Å². The van der Waals surface area contributed by atoms with E-state index in [1.807, 2.05) is 0 Å². The second-order valence-corrected chi connectivity index (χ2v) is 10.2. The summed E-state index contributed by atoms with van der Waals surface area (Å²) in [6, 6.07) is 13.5. The number of halogens is 1. The maximum Gasteiger partial charge on any atom is 0.267 e. The molecule has 0 unspecified atom stereocenters. The summed E-state index contributed by atoms with van der Waals surface area (Å²) in [7, 11) is 0. The summed E-state index contributed by atoms with van der Waals surface area (Å²) in [5.74, 6) is -0.201. The number of nitrogens with one attached hydrogen (secondary N) is 1. The summed E-state index contributed by atoms with van der Waals surface area (Å²) in [6.45, 7) is 0. The topological polar surface area (TPSA) is 96.6 Å². The predicted molar refractivity (Wildman–Crippen MR) is 137 cm³/mol. The summed E-state index contributed by atoms with van der Waals surface area (Å²) >= 11 is 8.79. The highest BCUT2D eigenvalue weighted by Crippen LogP contribution is 2.36. The molecular formula is C24H19ClN4O3S2. The maximum atomic E-state index is 13.6. The van der Waals surface area contributed by atoms with E-state index in [0.717, 1.165) is 24.8 Å². The molecule has 172 valence electrons. The first-order valence-electron chi connectivity index (χ1n) is 10.6. The van der Waals surface area contributed by atoms with E-state index in [2.05, 4.69) is 10.5 Å². The number of carbonyl (C=O) groups is 1. The summed E-state index contributed by atoms with van der Waals surface area (Å²) in [6.07, 6.45) is 4.36. The van der Waals surface area contributed by atoms with Crippen LogP contribution in [0.4, 0.5) is 0 Å². The Hall–Kier alpha value is -3.14. The van der Waals surface area contributed by atoms with Gasteiger partial charge < -0.3 is 5.11 Å². The number of thiophene rings is 1. The third kappa shape index (κ3) is 4.59. The van der Waals surface area contributed by atoms with Gasteiger partial charge in [-0.1, -0.05) is 35.5 Å². The van der Waals surface area contributed by atoms with Gasteiger partial charge in [0.1, 0.15) is 10.6 Å². The number of aromatic hydroxyl groups is 1. The number of phenolic OH excluding ortho intramolecular Hbond substituents is 1. The van der Waals surface area contributed by atoms with Crippen molar-refractivity contribution in [3.05, 3.63) is 79.9 Å². The molecule has 34 heavy (non-hydrogen) atoms. The van der Waals surface area contributed by atoms with Crippen molar-refractivity contribution in [2.75, 3.05) is 5.75 Å². The molecule has 5 rings (SSSR count). The Morgan fingerprint density at radius 1 is 1.26 bits per heavy atom. The zero-order valence-electron chi connectivity index (χ0n) is 17.8. The highest BCUT2D eigenvalue weighted by atomic mass is 35.5. The lowest BCUT2D eigenvalue weighted by Gasteiger charge is -2.12. The monoisotopic (exact) mass is 510 g/mol. The van der Waals surface area contributed by atoms with Crippen molar-refractivity contribution in [1.29, 1.82) is 0 Å². The van der Waals surface area contributed by atoms with Gasteiger partial charge in [0, 0.05) is 9.90 Å². The fraction of sp³-hybridized carbons (Fsp3) is 0.167. The van der Waals surface area contributed by atoms with Gasteiger partial charge in [0.25, 0.3) is 11.5 Å². The fourth-order valence-corrected chi connectivity index (χ4v) is 6.12. The van der Waals surface area contributed by atoms with E-state index in [9.17, 15) is 14.7 Å². The predicted octanol–water partition coefficient (Wildman–Crippen LogP) is 4.54. The van der Waals surface area contributed by atoms with Crippen LogP contribution < -0.4 is 11.0 Å². The Morgan fingerprint density at radius 3 is 2.88 bits per heavy atom. The van der Waals surface area contributed by atoms with Gasteiger partial charge in [-0.25, -0.2) is 10.4 Å². The molecule has 1 aliphatic carbocycles. The van der Waals surface area contributed by atoms with E-state index in [1.54, 1.807) is 58.4 Å². The Balaban J connectivity index is 1.42. The van der Waals surface area contributed by atoms with Gasteiger partial charge in [-0.15, -0.1) is 11.3 Å². The lowest BCUT2D eigenvalue weighted by Crippen LogP contribution is -2.24. The van der Waals surface area contributed by atoms with E-state index in [0.29, 0.717) is 31.6 Å². The smallest absolute Gasteiger partial charge is 0.267 e. The number of hydrogen-bond acceptors (Lipinski definition) is 7. The number of benzene rings is 2. The average molecular weight is 511 g/mol. The van der Waals surface area contributed by atoms with Crippen molar-refractivity contribution in [2.45, 2.75) is 24.4 Å². The molecule has 4 aromatic rings. The van der Waals surface area contributed by atoms with Gasteiger partial charge in [-0.05, 0) is 66.8 Å². The van der Waals surface area contributed by atoms with Crippen LogP contribution in [0.1, 0.15) is 22.4 Å². The molecular weight excluding hydrogens is 492 g/mol. The molecule has 7 nitrogen and oxygen atoms in total. The van der Waals surface area contributed by atoms with Gasteiger partial charge in [-0.3, -0.25) is 14.2 Å². The number of aromatic nitrogens is 2. The SMILES string of the molecule is O=C(CSc1nc2sc3c(c2c(=O)n1-c1ccc(Cl)cc1)CCC3)NN=Cc1cccc(O)c1. The van der Waals surface area contributed by atoms with E-state index in [-0.39, 0.29) is 23.0 Å². The van der Waals surface area contributed by atoms with Crippen molar-refractivity contribution < 1.29 is 9.90 Å². The molecule has 2 heterocycles. The zero-order chi connectivity index (χ0) is 23.7. The summed E-state index contributed by atoms with van der Waals surface area (Å²) < 4.78 is 1.55. The van der Waals surface area contributed by atoms with Gasteiger partial charge in [0.15, 0.2) is 5.16 Å². The van der Waals surface area contributed by atoms with Crippen LogP contribution in [0.15, 0.2) is 63.6 Å². The summed E-state index contributed by atoms with van der Waals surface area (Å²) in [5.41, 5.74) is 4.75. The van der Waals surface area contributed by atoms with Gasteiger partial charge >= 0.3 is 0 Å². The highest BCUT2D eigenvalue weighted by molar-refractivity contribution is 7.99. The van der Waals surface area contributed by atoms with Crippen LogP contribution in [0.25, 0.3) is 15.9 Å². The number of amides is 1. The number of phenols is 1. The van der Waals surface area contributed by atoms with Crippen LogP contribution in [0.5, 0.6) is 5.75 Å². The van der Waals surface area contributed by atoms with Crippen LogP contribution in [0, 0.1) is 0 Å². The standard InChI is InChI=1S/C24H19ClN4O3S2/c25-15-7-9-16(10-8-15)29-23(32)21-18-5-2-6-19(18)34-22(21)27-24(29)33-13-20(31)28-26-12-14-3-1-4-17(30)11-14/h1,3-4,7-12,30H,2,5-6,13H2,(H,28,31). The minimum absolute atomic E-state index is 0.0218. The first kappa shape index (κ1) is 22.6. The first-order chi connectivity index (χ1) is 16.5. The van der Waals surface area contributed by atoms with Gasteiger partial charge in [0.05, 0.1) is 23.0 Å². The molecule has 2 aromatic heterocycles. The van der Waals surface area contributed by atoms with Gasteiger partial charge in [0.2, 0.25) is 0 Å². The minimum atomic E-state index is -0.341. The van der Waals surface area contributed by atoms with Crippen molar-refractivity contribution in [3.8, 4) is 11.4 Å². The van der Waals surface area contributed by atoms with Gasteiger partial charge in [-0.2, -0.15) is 5.10 Å². The molecule has 0 saturated carbocycles. The second-order valence-electron chi connectivity index (χ2n) is 7.73. The molecule has 0 fully saturated rings. The Kier molecular flexibility index (Phi) is 6.40. The number of fused-ring (bicyclic) bond motifs is 3. The third-order valence-corrected chi connectivity index (χ3v) is 7.77. The van der Waals surface area contributed by atoms with E-state index in [4.69, 9.17) is 16.6 Å². The molecule has 0 atom stereocenters. The Labute approximate surface area is 208 Å². The van der Waals surface area contributed by atoms with E-state index >= 15 is 0 Å². The molecule has 10 heteroatoms. The average Bonchev–Trinajstić information content (AvgIpc) is 3.40. The lowest BCUT2D eigenvalue weighted by molar-refractivity contribution is -0.118. The second kappa shape index (κ2) is 9.61. The molecule has 2 aromatic carbocycles. The number of hydrogen-bond donors (Lipinski definition) is 2. The van der Waals surface area contributed by atoms with Crippen LogP contribution in [0.3, 0.4) is 0 Å². The van der Waals surface area contributed by atoms with Crippen LogP contribution >= 0.6 is 34.7 Å². The Bertz CT molecular complexity index is 1480. The molecule has 1 amide bonds. The number of rotatable bonds is 6. The molecule has 0 radical (unpaired) electrons. The van der Waals surface area contributed by atoms with Crippen LogP contribution in [-0.4, -0.2) is 32.5 Å². The number of aryl methyl sites for hydroxylation is 2. The summed E-state index contributed by atoms with van der Waals surface area (Å²) in [4.78, 5) is 32.7. The van der Waals surface area contributed by atoms with E-state index in [1.165, 1.54) is 28.9 Å². The van der Waals surface area contributed by atoms with Crippen molar-refractivity contribution in [1.82, 2.24) is 15.0 Å². The number of hydrazone groups is 1. The lowest BCUT2D eigenvalue weighted by atomic mass is 10.2. The summed E-state index contributed by atoms with van der Waals surface area (Å²) in [5, 5.41) is 15.1. The van der Waals surface area contributed by atoms with Crippen LogP contribution in [-0.2, 0) is 17.6 Å². The normalized spacial score (nSPS) is 13.0. The quantitative estimate of drug-likeness (QED) is 0.172. The Morgan fingerprint density at radius 2 is 2.09 bits per heavy atom. The maximum absolute atomic E-state index is 13.6. The molecule has 0 bridgehead atoms. The van der Waals surface area contributed by atoms with Crippen molar-refractivity contribution in [3.63, 3.8) is 0 Å². The highest BCUT2D eigenvalue weighted by Gasteiger charge is 2.24. The van der Waals surface area contributed by atoms with Crippen LogP contribution in [0.2, 0.25) is 5.02 Å². The largest absolute Gasteiger partial charge is 0.508 e. The fourth-order valence-electron chi connectivity index (χ4n) is 3.89. The number of carbonyl (C=O) groups excluding carboxylic acids is 1. The number of nitrogens with zero attached hydrogens (tertiary/aromatic N) is 3. The minimum Gasteiger partial charge on any atom is -0.508 e. The number of thioether (sulfide) groups is 1. The zero-order valence-corrected chi connectivity index (χ0v) is 20.2. The molecule has 2 N–H and O–H groups in total. The molecule has 1 aliphatic rings. The third-order valence-electron chi connectivity index (χ3n) is 5.40. The molecule has 0 spiro atoms. The molecule has 0 aliphatic heterocycles. The molecule has 0 saturated heterocycles. The van der Waals surface area contributed by atoms with Crippen molar-refractivity contribution in [2.24, 2.45) is 5.10 Å². The first-order valence-corrected chi connectivity index (χ1v) is 12.7.